The molecule has 0 aromatic heterocycles. The molecule has 0 bridgehead atoms. The van der Waals surface area contributed by atoms with Crippen LogP contribution >= 0.6 is 0 Å². The number of halogens is 3. The van der Waals surface area contributed by atoms with Gasteiger partial charge >= 0.3 is 6.36 Å². The van der Waals surface area contributed by atoms with E-state index in [1.165, 1.54) is 28.5 Å². The van der Waals surface area contributed by atoms with Crippen LogP contribution in [0, 0.1) is 17.8 Å². The van der Waals surface area contributed by atoms with Gasteiger partial charge in [0.15, 0.2) is 0 Å². The summed E-state index contributed by atoms with van der Waals surface area (Å²) in [5.41, 5.74) is 2.27. The maximum atomic E-state index is 12.4. The van der Waals surface area contributed by atoms with Crippen LogP contribution in [0.2, 0.25) is 0 Å². The summed E-state index contributed by atoms with van der Waals surface area (Å²) < 4.78 is 41.2. The van der Waals surface area contributed by atoms with Gasteiger partial charge in [-0.25, -0.2) is 0 Å². The minimum atomic E-state index is -4.64. The summed E-state index contributed by atoms with van der Waals surface area (Å²) >= 11 is 0. The molecule has 2 atom stereocenters. The first-order valence-corrected chi connectivity index (χ1v) is 10.5. The van der Waals surface area contributed by atoms with Crippen molar-refractivity contribution in [2.24, 2.45) is 17.8 Å². The predicted octanol–water partition coefficient (Wildman–Crippen LogP) is 6.05. The van der Waals surface area contributed by atoms with Crippen LogP contribution in [0.5, 0.6) is 5.75 Å². The number of piperidine rings is 1. The fourth-order valence-electron chi connectivity index (χ4n) is 5.12. The van der Waals surface area contributed by atoms with Crippen LogP contribution in [-0.4, -0.2) is 24.4 Å². The zero-order chi connectivity index (χ0) is 20.7. The monoisotopic (exact) mass is 411 g/mol. The van der Waals surface area contributed by atoms with Gasteiger partial charge in [-0.1, -0.05) is 48.5 Å². The number of ether oxygens (including phenoxy) is 1. The fraction of sp³-hybridized carbons (Fsp3) is 0.360. The second-order valence-electron chi connectivity index (χ2n) is 8.60. The fourth-order valence-corrected chi connectivity index (χ4v) is 5.12. The van der Waals surface area contributed by atoms with Crippen molar-refractivity contribution in [3.63, 3.8) is 0 Å². The van der Waals surface area contributed by atoms with E-state index in [4.69, 9.17) is 0 Å². The third kappa shape index (κ3) is 4.31. The van der Waals surface area contributed by atoms with Crippen LogP contribution in [0.1, 0.15) is 17.5 Å². The molecule has 2 fully saturated rings. The molecule has 2 aliphatic rings. The molecule has 1 heterocycles. The smallest absolute Gasteiger partial charge is 0.406 e. The molecule has 3 aromatic carbocycles. The van der Waals surface area contributed by atoms with Crippen LogP contribution < -0.4 is 4.74 Å². The topological polar surface area (TPSA) is 12.5 Å². The SMILES string of the molecule is FC(F)(F)Oc1cccc(CCC2C3CN(Cc4ccc5ccccc5c4)CC23)c1. The van der Waals surface area contributed by atoms with E-state index in [1.807, 2.05) is 6.07 Å². The van der Waals surface area contributed by atoms with Crippen molar-refractivity contribution in [1.82, 2.24) is 4.90 Å². The first-order valence-electron chi connectivity index (χ1n) is 10.5. The van der Waals surface area contributed by atoms with Crippen molar-refractivity contribution < 1.29 is 17.9 Å². The van der Waals surface area contributed by atoms with E-state index in [1.54, 1.807) is 6.07 Å². The maximum Gasteiger partial charge on any atom is 0.573 e. The van der Waals surface area contributed by atoms with Crippen LogP contribution in [0.25, 0.3) is 10.8 Å². The summed E-state index contributed by atoms with van der Waals surface area (Å²) in [5, 5.41) is 2.56. The van der Waals surface area contributed by atoms with Gasteiger partial charge in [-0.05, 0) is 70.7 Å². The third-order valence-electron chi connectivity index (χ3n) is 6.57. The molecule has 3 aromatic rings. The number of benzene rings is 3. The van der Waals surface area contributed by atoms with Crippen molar-refractivity contribution in [1.29, 1.82) is 0 Å². The number of fused-ring (bicyclic) bond motifs is 2. The lowest BCUT2D eigenvalue weighted by Crippen LogP contribution is -2.24. The van der Waals surface area contributed by atoms with Gasteiger partial charge in [0.25, 0.3) is 0 Å². The highest BCUT2D eigenvalue weighted by Gasteiger charge is 2.54. The number of rotatable bonds is 6. The predicted molar refractivity (Wildman–Crippen MR) is 111 cm³/mol. The molecular weight excluding hydrogens is 387 g/mol. The van der Waals surface area contributed by atoms with Crippen molar-refractivity contribution in [2.75, 3.05) is 13.1 Å². The number of hydrogen-bond acceptors (Lipinski definition) is 2. The van der Waals surface area contributed by atoms with Gasteiger partial charge in [-0.15, -0.1) is 13.2 Å². The number of likely N-dealkylation sites (tertiary alicyclic amines) is 1. The van der Waals surface area contributed by atoms with Crippen molar-refractivity contribution >= 4 is 10.8 Å². The van der Waals surface area contributed by atoms with Crippen molar-refractivity contribution in [2.45, 2.75) is 25.7 Å². The summed E-state index contributed by atoms with van der Waals surface area (Å²) in [5.74, 6) is 2.04. The molecule has 0 N–H and O–H groups in total. The summed E-state index contributed by atoms with van der Waals surface area (Å²) in [6.07, 6.45) is -2.80. The van der Waals surface area contributed by atoms with E-state index in [-0.39, 0.29) is 5.75 Å². The number of nitrogens with zero attached hydrogens (tertiary/aromatic N) is 1. The highest BCUT2D eigenvalue weighted by Crippen LogP contribution is 2.54. The minimum Gasteiger partial charge on any atom is -0.406 e. The van der Waals surface area contributed by atoms with Crippen LogP contribution in [0.3, 0.4) is 0 Å². The molecule has 0 spiro atoms. The van der Waals surface area contributed by atoms with Crippen LogP contribution in [0.15, 0.2) is 66.7 Å². The maximum absolute atomic E-state index is 12.4. The number of hydrogen-bond donors (Lipinski definition) is 0. The van der Waals surface area contributed by atoms with Gasteiger partial charge < -0.3 is 4.74 Å². The molecule has 5 rings (SSSR count). The Morgan fingerprint density at radius 3 is 2.37 bits per heavy atom. The molecule has 5 heteroatoms. The van der Waals surface area contributed by atoms with Crippen molar-refractivity contribution in [3.8, 4) is 5.75 Å². The van der Waals surface area contributed by atoms with Crippen LogP contribution in [0.4, 0.5) is 13.2 Å². The zero-order valence-electron chi connectivity index (χ0n) is 16.6. The molecule has 1 aliphatic heterocycles. The molecule has 0 radical (unpaired) electrons. The standard InChI is InChI=1S/C25H24F3NO/c26-25(27,28)30-21-7-3-4-17(13-21)9-11-22-23-15-29(16-24(22)23)14-18-8-10-19-5-1-2-6-20(19)12-18/h1-8,10,12-13,22-24H,9,11,14-16H2. The Morgan fingerprint density at radius 1 is 0.833 bits per heavy atom. The van der Waals surface area contributed by atoms with E-state index in [0.29, 0.717) is 5.92 Å². The van der Waals surface area contributed by atoms with Gasteiger partial charge in [0.2, 0.25) is 0 Å². The highest BCUT2D eigenvalue weighted by molar-refractivity contribution is 5.82. The van der Waals surface area contributed by atoms with Gasteiger partial charge in [-0.2, -0.15) is 0 Å². The molecule has 2 nitrogen and oxygen atoms in total. The second-order valence-corrected chi connectivity index (χ2v) is 8.60. The molecule has 156 valence electrons. The van der Waals surface area contributed by atoms with E-state index in [9.17, 15) is 13.2 Å². The lowest BCUT2D eigenvalue weighted by Gasteiger charge is -2.20. The van der Waals surface area contributed by atoms with Crippen molar-refractivity contribution in [3.05, 3.63) is 77.9 Å². The summed E-state index contributed by atoms with van der Waals surface area (Å²) in [7, 11) is 0. The molecule has 1 aliphatic carbocycles. The van der Waals surface area contributed by atoms with Gasteiger partial charge in [-0.3, -0.25) is 4.90 Å². The second kappa shape index (κ2) is 7.62. The normalized spacial score (nSPS) is 23.5. The first-order chi connectivity index (χ1) is 14.4. The Kier molecular flexibility index (Phi) is 4.94. The average molecular weight is 411 g/mol. The Hall–Kier alpha value is -2.53. The molecule has 30 heavy (non-hydrogen) atoms. The quantitative estimate of drug-likeness (QED) is 0.490. The van der Waals surface area contributed by atoms with E-state index in [0.717, 1.165) is 49.9 Å². The summed E-state index contributed by atoms with van der Waals surface area (Å²) in [4.78, 5) is 2.54. The zero-order valence-corrected chi connectivity index (χ0v) is 16.6. The van der Waals surface area contributed by atoms with E-state index >= 15 is 0 Å². The van der Waals surface area contributed by atoms with Gasteiger partial charge in [0.05, 0.1) is 0 Å². The summed E-state index contributed by atoms with van der Waals surface area (Å²) in [6, 6.07) is 21.5. The van der Waals surface area contributed by atoms with Gasteiger partial charge in [0, 0.05) is 19.6 Å². The van der Waals surface area contributed by atoms with E-state index < -0.39 is 6.36 Å². The first kappa shape index (κ1) is 19.4. The Balaban J connectivity index is 1.11. The Bertz CT molecular complexity index is 1040. The molecule has 2 unspecified atom stereocenters. The molecule has 0 amide bonds. The minimum absolute atomic E-state index is 0.127. The Labute approximate surface area is 174 Å². The number of alkyl halides is 3. The number of aryl methyl sites for hydroxylation is 1. The highest BCUT2D eigenvalue weighted by atomic mass is 19.4. The van der Waals surface area contributed by atoms with E-state index in [2.05, 4.69) is 52.1 Å². The van der Waals surface area contributed by atoms with Crippen LogP contribution in [-0.2, 0) is 13.0 Å². The largest absolute Gasteiger partial charge is 0.573 e. The third-order valence-corrected chi connectivity index (χ3v) is 6.57. The lowest BCUT2D eigenvalue weighted by atomic mass is 10.0. The Morgan fingerprint density at radius 2 is 1.60 bits per heavy atom. The van der Waals surface area contributed by atoms with Gasteiger partial charge in [0.1, 0.15) is 5.75 Å². The molecule has 1 saturated carbocycles. The molecule has 1 saturated heterocycles. The molecular formula is C25H24F3NO. The summed E-state index contributed by atoms with van der Waals surface area (Å²) in [6.45, 7) is 3.24. The lowest BCUT2D eigenvalue weighted by molar-refractivity contribution is -0.274. The average Bonchev–Trinajstić information content (AvgIpc) is 3.16.